The monoisotopic (exact) mass is 270 g/mol. The first-order valence-electron chi connectivity index (χ1n) is 5.90. The highest BCUT2D eigenvalue weighted by atomic mass is 32.2. The predicted octanol–water partition coefficient (Wildman–Crippen LogP) is 1.03. The van der Waals surface area contributed by atoms with Gasteiger partial charge in [0.05, 0.1) is 17.8 Å². The predicted molar refractivity (Wildman–Crippen MR) is 69.7 cm³/mol. The van der Waals surface area contributed by atoms with Crippen LogP contribution in [0.5, 0.6) is 0 Å². The minimum Gasteiger partial charge on any atom is -0.398 e. The van der Waals surface area contributed by atoms with Gasteiger partial charge < -0.3 is 10.5 Å². The quantitative estimate of drug-likeness (QED) is 0.804. The zero-order chi connectivity index (χ0) is 13.3. The van der Waals surface area contributed by atoms with Crippen LogP contribution >= 0.6 is 0 Å². The van der Waals surface area contributed by atoms with Gasteiger partial charge in [-0.25, -0.2) is 13.1 Å². The van der Waals surface area contributed by atoms with Crippen molar-refractivity contribution in [1.29, 1.82) is 0 Å². The first kappa shape index (κ1) is 13.3. The first-order valence-corrected chi connectivity index (χ1v) is 7.38. The molecule has 1 aliphatic heterocycles. The van der Waals surface area contributed by atoms with E-state index < -0.39 is 10.0 Å². The maximum Gasteiger partial charge on any atom is 0.242 e. The van der Waals surface area contributed by atoms with Crippen LogP contribution in [0.25, 0.3) is 0 Å². The lowest BCUT2D eigenvalue weighted by Crippen LogP contribution is -2.39. The molecule has 0 amide bonds. The van der Waals surface area contributed by atoms with Gasteiger partial charge in [-0.1, -0.05) is 6.07 Å². The first-order chi connectivity index (χ1) is 8.40. The zero-order valence-corrected chi connectivity index (χ0v) is 11.3. The largest absolute Gasteiger partial charge is 0.398 e. The molecule has 0 aromatic heterocycles. The minimum atomic E-state index is -3.58. The lowest BCUT2D eigenvalue weighted by atomic mass is 10.2. The maximum absolute atomic E-state index is 12.2. The van der Waals surface area contributed by atoms with Crippen LogP contribution < -0.4 is 10.5 Å². The van der Waals surface area contributed by atoms with E-state index in [1.54, 1.807) is 12.1 Å². The Morgan fingerprint density at radius 1 is 1.44 bits per heavy atom. The van der Waals surface area contributed by atoms with E-state index in [9.17, 15) is 8.42 Å². The van der Waals surface area contributed by atoms with E-state index in [1.807, 2.05) is 13.8 Å². The molecule has 0 saturated carbocycles. The summed E-state index contributed by atoms with van der Waals surface area (Å²) in [5, 5.41) is 0. The smallest absolute Gasteiger partial charge is 0.242 e. The fourth-order valence-electron chi connectivity index (χ4n) is 2.06. The zero-order valence-electron chi connectivity index (χ0n) is 10.5. The molecule has 2 rings (SSSR count). The van der Waals surface area contributed by atoms with Crippen molar-refractivity contribution in [3.05, 3.63) is 23.8 Å². The Bertz CT molecular complexity index is 542. The number of ether oxygens (including phenoxy) is 1. The standard InChI is InChI=1S/C12H18N2O3S/c1-8-3-4-12(10(13)7-8)18(15,16)14-11-5-6-17-9(11)2/h3-4,7,9,11,14H,5-6,13H2,1-2H3. The normalized spacial score (nSPS) is 24.3. The van der Waals surface area contributed by atoms with Gasteiger partial charge in [0, 0.05) is 6.61 Å². The van der Waals surface area contributed by atoms with E-state index in [2.05, 4.69) is 4.72 Å². The molecule has 2 atom stereocenters. The van der Waals surface area contributed by atoms with Gasteiger partial charge in [-0.05, 0) is 38.0 Å². The van der Waals surface area contributed by atoms with E-state index in [4.69, 9.17) is 10.5 Å². The number of nitrogen functional groups attached to an aromatic ring is 1. The van der Waals surface area contributed by atoms with Crippen LogP contribution in [-0.2, 0) is 14.8 Å². The van der Waals surface area contributed by atoms with Crippen LogP contribution in [0.2, 0.25) is 0 Å². The minimum absolute atomic E-state index is 0.105. The van der Waals surface area contributed by atoms with Crippen molar-refractivity contribution in [1.82, 2.24) is 4.72 Å². The molecule has 1 heterocycles. The summed E-state index contributed by atoms with van der Waals surface area (Å²) >= 11 is 0. The number of benzene rings is 1. The molecular formula is C12H18N2O3S. The summed E-state index contributed by atoms with van der Waals surface area (Å²) in [6.07, 6.45) is 0.582. The van der Waals surface area contributed by atoms with E-state index in [0.29, 0.717) is 13.0 Å². The van der Waals surface area contributed by atoms with Crippen molar-refractivity contribution in [2.45, 2.75) is 37.3 Å². The number of nitrogens with one attached hydrogen (secondary N) is 1. The highest BCUT2D eigenvalue weighted by molar-refractivity contribution is 7.89. The average Bonchev–Trinajstić information content (AvgIpc) is 2.63. The second-order valence-electron chi connectivity index (χ2n) is 4.63. The average molecular weight is 270 g/mol. The highest BCUT2D eigenvalue weighted by Gasteiger charge is 2.29. The van der Waals surface area contributed by atoms with Gasteiger partial charge in [0.25, 0.3) is 0 Å². The van der Waals surface area contributed by atoms with Gasteiger partial charge in [0.1, 0.15) is 4.90 Å². The fourth-order valence-corrected chi connectivity index (χ4v) is 3.51. The molecule has 1 aromatic rings. The summed E-state index contributed by atoms with van der Waals surface area (Å²) in [5.41, 5.74) is 6.97. The topological polar surface area (TPSA) is 81.4 Å². The Balaban J connectivity index is 2.25. The third kappa shape index (κ3) is 2.66. The van der Waals surface area contributed by atoms with Crippen LogP contribution in [0.1, 0.15) is 18.9 Å². The number of nitrogens with two attached hydrogens (primary N) is 1. The van der Waals surface area contributed by atoms with E-state index >= 15 is 0 Å². The molecule has 5 nitrogen and oxygen atoms in total. The van der Waals surface area contributed by atoms with Crippen LogP contribution in [0.15, 0.2) is 23.1 Å². The molecule has 100 valence electrons. The van der Waals surface area contributed by atoms with Gasteiger partial charge in [0.2, 0.25) is 10.0 Å². The van der Waals surface area contributed by atoms with E-state index in [-0.39, 0.29) is 22.7 Å². The molecular weight excluding hydrogens is 252 g/mol. The molecule has 0 radical (unpaired) electrons. The van der Waals surface area contributed by atoms with E-state index in [1.165, 1.54) is 6.07 Å². The van der Waals surface area contributed by atoms with Crippen LogP contribution in [-0.4, -0.2) is 27.2 Å². The SMILES string of the molecule is Cc1ccc(S(=O)(=O)NC2CCOC2C)c(N)c1. The number of hydrogen-bond donors (Lipinski definition) is 2. The van der Waals surface area contributed by atoms with Crippen LogP contribution in [0, 0.1) is 6.92 Å². The Kier molecular flexibility index (Phi) is 3.61. The number of sulfonamides is 1. The Hall–Kier alpha value is -1.11. The van der Waals surface area contributed by atoms with Gasteiger partial charge in [-0.15, -0.1) is 0 Å². The summed E-state index contributed by atoms with van der Waals surface area (Å²) in [7, 11) is -3.58. The Morgan fingerprint density at radius 3 is 2.72 bits per heavy atom. The molecule has 6 heteroatoms. The van der Waals surface area contributed by atoms with Crippen molar-refractivity contribution >= 4 is 15.7 Å². The van der Waals surface area contributed by atoms with Crippen molar-refractivity contribution in [2.75, 3.05) is 12.3 Å². The summed E-state index contributed by atoms with van der Waals surface area (Å²) < 4.78 is 32.4. The van der Waals surface area contributed by atoms with E-state index in [0.717, 1.165) is 5.56 Å². The number of hydrogen-bond acceptors (Lipinski definition) is 4. The fraction of sp³-hybridized carbons (Fsp3) is 0.500. The lowest BCUT2D eigenvalue weighted by molar-refractivity contribution is 0.117. The molecule has 1 fully saturated rings. The van der Waals surface area contributed by atoms with Crippen LogP contribution in [0.3, 0.4) is 0 Å². The summed E-state index contributed by atoms with van der Waals surface area (Å²) in [6.45, 7) is 4.31. The van der Waals surface area contributed by atoms with Crippen molar-refractivity contribution < 1.29 is 13.2 Å². The maximum atomic E-state index is 12.2. The summed E-state index contributed by atoms with van der Waals surface area (Å²) in [4.78, 5) is 0.132. The number of anilines is 1. The molecule has 1 saturated heterocycles. The molecule has 0 bridgehead atoms. The van der Waals surface area contributed by atoms with Gasteiger partial charge in [0.15, 0.2) is 0 Å². The third-order valence-corrected chi connectivity index (χ3v) is 4.70. The summed E-state index contributed by atoms with van der Waals surface area (Å²) in [6, 6.07) is 4.74. The van der Waals surface area contributed by atoms with Gasteiger partial charge in [-0.2, -0.15) is 0 Å². The Morgan fingerprint density at radius 2 is 2.17 bits per heavy atom. The number of rotatable bonds is 3. The lowest BCUT2D eigenvalue weighted by Gasteiger charge is -2.17. The molecule has 18 heavy (non-hydrogen) atoms. The third-order valence-electron chi connectivity index (χ3n) is 3.14. The van der Waals surface area contributed by atoms with Crippen molar-refractivity contribution in [2.24, 2.45) is 0 Å². The second-order valence-corrected chi connectivity index (χ2v) is 6.32. The molecule has 1 aromatic carbocycles. The molecule has 0 spiro atoms. The Labute approximate surface area is 107 Å². The molecule has 2 unspecified atom stereocenters. The van der Waals surface area contributed by atoms with Gasteiger partial charge >= 0.3 is 0 Å². The molecule has 3 N–H and O–H groups in total. The molecule has 1 aliphatic rings. The number of aryl methyl sites for hydroxylation is 1. The highest BCUT2D eigenvalue weighted by Crippen LogP contribution is 2.22. The molecule has 0 aliphatic carbocycles. The van der Waals surface area contributed by atoms with Crippen molar-refractivity contribution in [3.8, 4) is 0 Å². The van der Waals surface area contributed by atoms with Crippen LogP contribution in [0.4, 0.5) is 5.69 Å². The van der Waals surface area contributed by atoms with Gasteiger partial charge in [-0.3, -0.25) is 0 Å². The summed E-state index contributed by atoms with van der Waals surface area (Å²) in [5.74, 6) is 0. The second kappa shape index (κ2) is 4.87. The van der Waals surface area contributed by atoms with Crippen molar-refractivity contribution in [3.63, 3.8) is 0 Å².